The fourth-order valence-electron chi connectivity index (χ4n) is 4.76. The Morgan fingerprint density at radius 3 is 2.68 bits per heavy atom. The maximum Gasteiger partial charge on any atom is 0.309 e. The number of aromatic nitrogens is 3. The lowest BCUT2D eigenvalue weighted by molar-refractivity contribution is -0.157. The second kappa shape index (κ2) is 9.03. The number of carbonyl (C=O) groups excluding carboxylic acids is 1. The van der Waals surface area contributed by atoms with E-state index in [0.717, 1.165) is 27.9 Å². The first kappa shape index (κ1) is 24.2. The Morgan fingerprint density at radius 1 is 1.24 bits per heavy atom. The number of esters is 1. The summed E-state index contributed by atoms with van der Waals surface area (Å²) in [5.41, 5.74) is 1.49. The zero-order valence-corrected chi connectivity index (χ0v) is 20.8. The van der Waals surface area contributed by atoms with Crippen molar-refractivity contribution in [2.75, 3.05) is 12.4 Å². The number of hydrogen-bond donors (Lipinski definition) is 2. The number of rotatable bonds is 5. The van der Waals surface area contributed by atoms with Gasteiger partial charge in [0.1, 0.15) is 10.6 Å². The van der Waals surface area contributed by atoms with Gasteiger partial charge in [0.25, 0.3) is 0 Å². The van der Waals surface area contributed by atoms with Crippen molar-refractivity contribution in [1.82, 2.24) is 15.0 Å². The molecular weight excluding hydrogens is 455 g/mol. The van der Waals surface area contributed by atoms with E-state index in [1.807, 2.05) is 39.0 Å². The van der Waals surface area contributed by atoms with Crippen LogP contribution in [0.2, 0.25) is 0 Å². The van der Waals surface area contributed by atoms with E-state index in [0.29, 0.717) is 30.2 Å². The number of carbonyl (C=O) groups is 1. The first-order chi connectivity index (χ1) is 16.0. The average Bonchev–Trinajstić information content (AvgIpc) is 3.26. The Balaban J connectivity index is 1.58. The predicted molar refractivity (Wildman–Crippen MR) is 129 cm³/mol. The predicted octanol–water partition coefficient (Wildman–Crippen LogP) is 5.29. The van der Waals surface area contributed by atoms with E-state index < -0.39 is 16.8 Å². The van der Waals surface area contributed by atoms with Gasteiger partial charge in [-0.15, -0.1) is 11.3 Å². The van der Waals surface area contributed by atoms with Crippen LogP contribution in [0.4, 0.5) is 16.0 Å². The highest BCUT2D eigenvalue weighted by Crippen LogP contribution is 2.51. The normalized spacial score (nSPS) is 21.8. The minimum atomic E-state index is -1.10. The number of benzene rings is 1. The summed E-state index contributed by atoms with van der Waals surface area (Å²) in [5.74, 6) is -0.610. The molecule has 2 N–H and O–H groups in total. The van der Waals surface area contributed by atoms with E-state index in [1.165, 1.54) is 18.4 Å². The molecule has 2 heterocycles. The number of nitrogens with zero attached hydrogens (tertiary/aromatic N) is 3. The van der Waals surface area contributed by atoms with Crippen LogP contribution in [-0.2, 0) is 15.1 Å². The van der Waals surface area contributed by atoms with Gasteiger partial charge in [0.2, 0.25) is 5.95 Å². The second-order valence-electron chi connectivity index (χ2n) is 9.68. The Hall–Kier alpha value is -2.91. The van der Waals surface area contributed by atoms with E-state index >= 15 is 0 Å². The van der Waals surface area contributed by atoms with Crippen LogP contribution in [0, 0.1) is 31.0 Å². The van der Waals surface area contributed by atoms with E-state index in [9.17, 15) is 14.3 Å². The van der Waals surface area contributed by atoms with Gasteiger partial charge in [0, 0.05) is 11.9 Å². The molecule has 1 aliphatic carbocycles. The lowest BCUT2D eigenvalue weighted by atomic mass is 9.63. The van der Waals surface area contributed by atoms with Gasteiger partial charge < -0.3 is 15.2 Å². The Morgan fingerprint density at radius 2 is 2.00 bits per heavy atom. The van der Waals surface area contributed by atoms with Crippen LogP contribution in [0.5, 0.6) is 0 Å². The number of methoxy groups -OCH3 is 1. The zero-order valence-electron chi connectivity index (χ0n) is 20.0. The fourth-order valence-corrected chi connectivity index (χ4v) is 5.78. The van der Waals surface area contributed by atoms with Crippen molar-refractivity contribution in [2.24, 2.45) is 11.3 Å². The number of thiazole rings is 1. The maximum atomic E-state index is 13.5. The average molecular weight is 485 g/mol. The second-order valence-corrected chi connectivity index (χ2v) is 10.7. The molecule has 9 heteroatoms. The van der Waals surface area contributed by atoms with Gasteiger partial charge in [-0.1, -0.05) is 19.9 Å². The molecule has 0 aliphatic heterocycles. The molecule has 1 aliphatic rings. The summed E-state index contributed by atoms with van der Waals surface area (Å²) in [7, 11) is 1.40. The summed E-state index contributed by atoms with van der Waals surface area (Å²) < 4.78 is 18.5. The molecule has 0 spiro atoms. The third kappa shape index (κ3) is 4.81. The Kier molecular flexibility index (Phi) is 6.44. The van der Waals surface area contributed by atoms with Gasteiger partial charge in [0.15, 0.2) is 5.82 Å². The summed E-state index contributed by atoms with van der Waals surface area (Å²) in [5, 5.41) is 15.3. The Labute approximate surface area is 202 Å². The quantitative estimate of drug-likeness (QED) is 0.475. The SMILES string of the molecule is COC(=O)C1CCC(O)(c2ncc(-c3cc(C)cc(Nc4ncc(F)c(C)n4)c3)s2)CC1(C)C. The van der Waals surface area contributed by atoms with Crippen molar-refractivity contribution in [3.8, 4) is 10.4 Å². The highest BCUT2D eigenvalue weighted by molar-refractivity contribution is 7.15. The summed E-state index contributed by atoms with van der Waals surface area (Å²) in [6.45, 7) is 7.56. The molecule has 3 aromatic rings. The summed E-state index contributed by atoms with van der Waals surface area (Å²) in [4.78, 5) is 25.8. The van der Waals surface area contributed by atoms with Gasteiger partial charge >= 0.3 is 5.97 Å². The van der Waals surface area contributed by atoms with Gasteiger partial charge in [-0.25, -0.2) is 19.3 Å². The number of hydrogen-bond acceptors (Lipinski definition) is 8. The Bertz CT molecular complexity index is 1230. The lowest BCUT2D eigenvalue weighted by Gasteiger charge is -2.44. The number of anilines is 2. The molecule has 2 atom stereocenters. The minimum Gasteiger partial charge on any atom is -0.469 e. The molecule has 0 radical (unpaired) electrons. The third-order valence-corrected chi connectivity index (χ3v) is 7.70. The van der Waals surface area contributed by atoms with E-state index in [1.54, 1.807) is 13.1 Å². The number of aliphatic hydroxyl groups is 1. The lowest BCUT2D eigenvalue weighted by Crippen LogP contribution is -2.45. The first-order valence-corrected chi connectivity index (χ1v) is 12.0. The van der Waals surface area contributed by atoms with Crippen molar-refractivity contribution >= 4 is 28.9 Å². The molecule has 1 fully saturated rings. The van der Waals surface area contributed by atoms with Crippen molar-refractivity contribution in [3.63, 3.8) is 0 Å². The van der Waals surface area contributed by atoms with Gasteiger partial charge in [-0.3, -0.25) is 4.79 Å². The van der Waals surface area contributed by atoms with Crippen LogP contribution in [0.1, 0.15) is 49.4 Å². The highest BCUT2D eigenvalue weighted by Gasteiger charge is 2.49. The summed E-state index contributed by atoms with van der Waals surface area (Å²) in [6.07, 6.45) is 4.34. The van der Waals surface area contributed by atoms with Crippen molar-refractivity contribution in [1.29, 1.82) is 0 Å². The molecule has 0 amide bonds. The number of ether oxygens (including phenoxy) is 1. The number of halogens is 1. The molecule has 1 saturated carbocycles. The van der Waals surface area contributed by atoms with Crippen LogP contribution in [0.15, 0.2) is 30.6 Å². The van der Waals surface area contributed by atoms with E-state index in [-0.39, 0.29) is 17.6 Å². The van der Waals surface area contributed by atoms with Gasteiger partial charge in [-0.05, 0) is 61.8 Å². The minimum absolute atomic E-state index is 0.230. The number of nitrogens with one attached hydrogen (secondary N) is 1. The molecule has 2 aromatic heterocycles. The molecule has 7 nitrogen and oxygen atoms in total. The molecule has 0 saturated heterocycles. The zero-order chi connectivity index (χ0) is 24.7. The van der Waals surface area contributed by atoms with Crippen molar-refractivity contribution in [3.05, 3.63) is 52.7 Å². The monoisotopic (exact) mass is 484 g/mol. The third-order valence-electron chi connectivity index (χ3n) is 6.46. The van der Waals surface area contributed by atoms with Crippen LogP contribution >= 0.6 is 11.3 Å². The largest absolute Gasteiger partial charge is 0.469 e. The van der Waals surface area contributed by atoms with Gasteiger partial charge in [-0.2, -0.15) is 0 Å². The van der Waals surface area contributed by atoms with E-state index in [4.69, 9.17) is 4.74 Å². The molecule has 34 heavy (non-hydrogen) atoms. The van der Waals surface area contributed by atoms with Crippen molar-refractivity contribution in [2.45, 2.75) is 52.6 Å². The molecule has 180 valence electrons. The molecule has 2 unspecified atom stereocenters. The van der Waals surface area contributed by atoms with Crippen LogP contribution in [0.3, 0.4) is 0 Å². The van der Waals surface area contributed by atoms with Crippen LogP contribution < -0.4 is 5.32 Å². The summed E-state index contributed by atoms with van der Waals surface area (Å²) >= 11 is 1.45. The molecule has 1 aromatic carbocycles. The molecule has 4 rings (SSSR count). The van der Waals surface area contributed by atoms with Gasteiger partial charge in [0.05, 0.1) is 29.8 Å². The van der Waals surface area contributed by atoms with Crippen molar-refractivity contribution < 1.29 is 19.0 Å². The van der Waals surface area contributed by atoms with E-state index in [2.05, 4.69) is 20.3 Å². The smallest absolute Gasteiger partial charge is 0.309 e. The molecular formula is C25H29FN4O3S. The van der Waals surface area contributed by atoms with Crippen LogP contribution in [0.25, 0.3) is 10.4 Å². The number of aryl methyl sites for hydroxylation is 2. The highest BCUT2D eigenvalue weighted by atomic mass is 32.1. The fraction of sp³-hybridized carbons (Fsp3) is 0.440. The molecule has 0 bridgehead atoms. The van der Waals surface area contributed by atoms with Crippen LogP contribution in [-0.4, -0.2) is 33.1 Å². The topological polar surface area (TPSA) is 97.2 Å². The standard InChI is InChI=1S/C25H29FN4O3S/c1-14-8-16(10-17(9-14)30-23-28-11-19(26)15(2)29-23)20-12-27-22(34-20)25(32)7-6-18(21(31)33-5)24(3,4)13-25/h8-12,18,32H,6-7,13H2,1-5H3,(H,28,29,30). The first-order valence-electron chi connectivity index (χ1n) is 11.2. The summed E-state index contributed by atoms with van der Waals surface area (Å²) in [6, 6.07) is 5.95. The maximum absolute atomic E-state index is 13.5.